The van der Waals surface area contributed by atoms with Crippen LogP contribution in [-0.2, 0) is 4.74 Å². The predicted octanol–water partition coefficient (Wildman–Crippen LogP) is 3.02. The molecule has 2 heterocycles. The lowest BCUT2D eigenvalue weighted by atomic mass is 10.2. The van der Waals surface area contributed by atoms with Gasteiger partial charge in [-0.15, -0.1) is 0 Å². The van der Waals surface area contributed by atoms with Crippen LogP contribution in [0.1, 0.15) is 5.56 Å². The number of benzene rings is 1. The number of halogens is 1. The molecule has 1 N–H and O–H groups in total. The lowest BCUT2D eigenvalue weighted by molar-refractivity contribution is 0.122. The molecule has 110 valence electrons. The first kappa shape index (κ1) is 14.1. The van der Waals surface area contributed by atoms with Gasteiger partial charge in [-0.3, -0.25) is 0 Å². The van der Waals surface area contributed by atoms with Crippen molar-refractivity contribution < 1.29 is 4.74 Å². The summed E-state index contributed by atoms with van der Waals surface area (Å²) < 4.78 is 5.36. The number of hydrogen-bond acceptors (Lipinski definition) is 5. The van der Waals surface area contributed by atoms with Crippen molar-refractivity contribution in [2.45, 2.75) is 6.92 Å². The Hall–Kier alpha value is -1.85. The van der Waals surface area contributed by atoms with E-state index in [1.807, 2.05) is 31.2 Å². The van der Waals surface area contributed by atoms with Crippen molar-refractivity contribution in [3.8, 4) is 0 Å². The average Bonchev–Trinajstić information content (AvgIpc) is 2.51. The molecule has 0 spiro atoms. The second-order valence-electron chi connectivity index (χ2n) is 4.97. The summed E-state index contributed by atoms with van der Waals surface area (Å²) in [6.45, 7) is 5.17. The topological polar surface area (TPSA) is 50.3 Å². The van der Waals surface area contributed by atoms with Crippen molar-refractivity contribution in [3.63, 3.8) is 0 Å². The second-order valence-corrected chi connectivity index (χ2v) is 5.38. The highest BCUT2D eigenvalue weighted by molar-refractivity contribution is 6.33. The monoisotopic (exact) mass is 304 g/mol. The highest BCUT2D eigenvalue weighted by Crippen LogP contribution is 2.26. The molecule has 21 heavy (non-hydrogen) atoms. The molecule has 5 nitrogen and oxygen atoms in total. The first-order chi connectivity index (χ1) is 10.2. The number of ether oxygens (including phenoxy) is 1. The van der Waals surface area contributed by atoms with E-state index in [1.54, 1.807) is 6.33 Å². The molecule has 1 aromatic heterocycles. The molecule has 0 radical (unpaired) electrons. The number of morpholine rings is 1. The standard InChI is InChI=1S/C15H17ClN4O/c1-11-2-3-13(12(16)8-11)19-14-9-15(18-10-17-14)20-4-6-21-7-5-20/h2-3,8-10H,4-7H2,1H3,(H,17,18,19). The minimum Gasteiger partial charge on any atom is -0.378 e. The lowest BCUT2D eigenvalue weighted by Crippen LogP contribution is -2.36. The van der Waals surface area contributed by atoms with Crippen molar-refractivity contribution in [1.82, 2.24) is 9.97 Å². The van der Waals surface area contributed by atoms with Crippen molar-refractivity contribution in [3.05, 3.63) is 41.2 Å². The molecule has 1 aliphatic heterocycles. The van der Waals surface area contributed by atoms with E-state index in [2.05, 4.69) is 20.2 Å². The third-order valence-electron chi connectivity index (χ3n) is 3.38. The molecule has 1 fully saturated rings. The highest BCUT2D eigenvalue weighted by atomic mass is 35.5. The van der Waals surface area contributed by atoms with Crippen LogP contribution in [0.4, 0.5) is 17.3 Å². The van der Waals surface area contributed by atoms with Crippen molar-refractivity contribution >= 4 is 28.9 Å². The van der Waals surface area contributed by atoms with E-state index in [-0.39, 0.29) is 0 Å². The Balaban J connectivity index is 1.79. The molecular formula is C15H17ClN4O. The van der Waals surface area contributed by atoms with E-state index in [0.717, 1.165) is 49.2 Å². The van der Waals surface area contributed by atoms with Gasteiger partial charge in [0.15, 0.2) is 0 Å². The number of aryl methyl sites for hydroxylation is 1. The maximum Gasteiger partial charge on any atom is 0.135 e. The zero-order chi connectivity index (χ0) is 14.7. The maximum absolute atomic E-state index is 6.24. The molecule has 3 rings (SSSR count). The van der Waals surface area contributed by atoms with Crippen LogP contribution in [0.3, 0.4) is 0 Å². The molecular weight excluding hydrogens is 288 g/mol. The van der Waals surface area contributed by atoms with Crippen molar-refractivity contribution in [1.29, 1.82) is 0 Å². The maximum atomic E-state index is 6.24. The van der Waals surface area contributed by atoms with Crippen LogP contribution in [0.15, 0.2) is 30.6 Å². The van der Waals surface area contributed by atoms with Crippen LogP contribution >= 0.6 is 11.6 Å². The van der Waals surface area contributed by atoms with E-state index in [9.17, 15) is 0 Å². The summed E-state index contributed by atoms with van der Waals surface area (Å²) in [5, 5.41) is 3.92. The third kappa shape index (κ3) is 3.43. The number of nitrogens with one attached hydrogen (secondary N) is 1. The molecule has 0 atom stereocenters. The van der Waals surface area contributed by atoms with E-state index >= 15 is 0 Å². The molecule has 0 saturated carbocycles. The fraction of sp³-hybridized carbons (Fsp3) is 0.333. The Bertz CT molecular complexity index is 629. The summed E-state index contributed by atoms with van der Waals surface area (Å²) in [6, 6.07) is 7.82. The first-order valence-electron chi connectivity index (χ1n) is 6.90. The summed E-state index contributed by atoms with van der Waals surface area (Å²) in [6.07, 6.45) is 1.56. The van der Waals surface area contributed by atoms with Gasteiger partial charge in [0.1, 0.15) is 18.0 Å². The summed E-state index contributed by atoms with van der Waals surface area (Å²) in [7, 11) is 0. The van der Waals surface area contributed by atoms with E-state index in [1.165, 1.54) is 0 Å². The molecule has 0 bridgehead atoms. The molecule has 2 aromatic rings. The molecule has 0 aliphatic carbocycles. The van der Waals surface area contributed by atoms with Gasteiger partial charge in [0.05, 0.1) is 23.9 Å². The quantitative estimate of drug-likeness (QED) is 0.944. The Morgan fingerprint density at radius 2 is 2.00 bits per heavy atom. The molecule has 1 saturated heterocycles. The Labute approximate surface area is 128 Å². The van der Waals surface area contributed by atoms with Crippen molar-refractivity contribution in [2.24, 2.45) is 0 Å². The van der Waals surface area contributed by atoms with Crippen LogP contribution in [0, 0.1) is 6.92 Å². The van der Waals surface area contributed by atoms with Crippen LogP contribution in [0.5, 0.6) is 0 Å². The Morgan fingerprint density at radius 1 is 1.19 bits per heavy atom. The fourth-order valence-electron chi connectivity index (χ4n) is 2.24. The van der Waals surface area contributed by atoms with Crippen LogP contribution < -0.4 is 10.2 Å². The van der Waals surface area contributed by atoms with E-state index in [0.29, 0.717) is 5.02 Å². The highest BCUT2D eigenvalue weighted by Gasteiger charge is 2.13. The van der Waals surface area contributed by atoms with Gasteiger partial charge >= 0.3 is 0 Å². The predicted molar refractivity (Wildman–Crippen MR) is 84.5 cm³/mol. The SMILES string of the molecule is Cc1ccc(Nc2cc(N3CCOCC3)ncn2)c(Cl)c1. The zero-order valence-corrected chi connectivity index (χ0v) is 12.6. The number of nitrogens with zero attached hydrogens (tertiary/aromatic N) is 3. The summed E-state index contributed by atoms with van der Waals surface area (Å²) in [5.74, 6) is 1.64. The summed E-state index contributed by atoms with van der Waals surface area (Å²) in [5.41, 5.74) is 1.97. The fourth-order valence-corrected chi connectivity index (χ4v) is 2.52. The van der Waals surface area contributed by atoms with Gasteiger partial charge < -0.3 is 15.0 Å². The van der Waals surface area contributed by atoms with Gasteiger partial charge in [-0.2, -0.15) is 0 Å². The molecule has 1 aromatic carbocycles. The lowest BCUT2D eigenvalue weighted by Gasteiger charge is -2.27. The molecule has 0 unspecified atom stereocenters. The Morgan fingerprint density at radius 3 is 2.76 bits per heavy atom. The van der Waals surface area contributed by atoms with Gasteiger partial charge in [0.2, 0.25) is 0 Å². The minimum atomic E-state index is 0.682. The van der Waals surface area contributed by atoms with Gasteiger partial charge in [0.25, 0.3) is 0 Å². The minimum absolute atomic E-state index is 0.682. The second kappa shape index (κ2) is 6.28. The summed E-state index contributed by atoms with van der Waals surface area (Å²) >= 11 is 6.24. The zero-order valence-electron chi connectivity index (χ0n) is 11.8. The first-order valence-corrected chi connectivity index (χ1v) is 7.28. The number of anilines is 3. The number of hydrogen-bond donors (Lipinski definition) is 1. The van der Waals surface area contributed by atoms with Gasteiger partial charge in [-0.1, -0.05) is 17.7 Å². The molecule has 0 amide bonds. The van der Waals surface area contributed by atoms with Gasteiger partial charge in [-0.25, -0.2) is 9.97 Å². The normalized spacial score (nSPS) is 15.0. The third-order valence-corrected chi connectivity index (χ3v) is 3.69. The van der Waals surface area contributed by atoms with Crippen molar-refractivity contribution in [2.75, 3.05) is 36.5 Å². The summed E-state index contributed by atoms with van der Waals surface area (Å²) in [4.78, 5) is 10.8. The largest absolute Gasteiger partial charge is 0.378 e. The molecule has 1 aliphatic rings. The van der Waals surface area contributed by atoms with Gasteiger partial charge in [0, 0.05) is 19.2 Å². The van der Waals surface area contributed by atoms with E-state index < -0.39 is 0 Å². The van der Waals surface area contributed by atoms with Crippen LogP contribution in [0.2, 0.25) is 5.02 Å². The Kier molecular flexibility index (Phi) is 4.22. The van der Waals surface area contributed by atoms with Gasteiger partial charge in [-0.05, 0) is 24.6 Å². The van der Waals surface area contributed by atoms with Crippen LogP contribution in [-0.4, -0.2) is 36.3 Å². The number of aromatic nitrogens is 2. The number of rotatable bonds is 3. The van der Waals surface area contributed by atoms with Crippen LogP contribution in [0.25, 0.3) is 0 Å². The molecule has 6 heteroatoms. The smallest absolute Gasteiger partial charge is 0.135 e. The average molecular weight is 305 g/mol. The van der Waals surface area contributed by atoms with E-state index in [4.69, 9.17) is 16.3 Å².